The van der Waals surface area contributed by atoms with Crippen LogP contribution in [0.15, 0.2) is 18.2 Å². The van der Waals surface area contributed by atoms with E-state index in [1.807, 2.05) is 0 Å². The molecule has 0 fully saturated rings. The highest BCUT2D eigenvalue weighted by atomic mass is 32.2. The van der Waals surface area contributed by atoms with Crippen LogP contribution >= 0.6 is 0 Å². The van der Waals surface area contributed by atoms with E-state index < -0.39 is 10.0 Å². The quantitative estimate of drug-likeness (QED) is 0.807. The predicted molar refractivity (Wildman–Crippen MR) is 60.9 cm³/mol. The first-order valence-corrected chi connectivity index (χ1v) is 6.17. The van der Waals surface area contributed by atoms with Gasteiger partial charge in [-0.3, -0.25) is 4.72 Å². The van der Waals surface area contributed by atoms with Crippen molar-refractivity contribution in [3.05, 3.63) is 18.2 Å². The van der Waals surface area contributed by atoms with Crippen LogP contribution in [0.2, 0.25) is 0 Å². The van der Waals surface area contributed by atoms with Gasteiger partial charge in [0.1, 0.15) is 5.75 Å². The van der Waals surface area contributed by atoms with E-state index in [4.69, 9.17) is 0 Å². The molecule has 0 atom stereocenters. The summed E-state index contributed by atoms with van der Waals surface area (Å²) in [4.78, 5) is 1.76. The maximum absolute atomic E-state index is 11.1. The molecule has 0 aliphatic heterocycles. The Bertz CT molecular complexity index is 454. The van der Waals surface area contributed by atoms with Crippen LogP contribution in [0.3, 0.4) is 0 Å². The van der Waals surface area contributed by atoms with E-state index in [0.717, 1.165) is 6.26 Å². The summed E-state index contributed by atoms with van der Waals surface area (Å²) >= 11 is 0. The Hall–Kier alpha value is -1.43. The lowest BCUT2D eigenvalue weighted by molar-refractivity contribution is 0.475. The molecule has 0 unspecified atom stereocenters. The Morgan fingerprint density at radius 2 is 1.93 bits per heavy atom. The summed E-state index contributed by atoms with van der Waals surface area (Å²) in [5.74, 6) is 0.0201. The molecule has 0 saturated heterocycles. The van der Waals surface area contributed by atoms with Crippen LogP contribution in [-0.4, -0.2) is 33.9 Å². The lowest BCUT2D eigenvalue weighted by atomic mass is 10.2. The molecule has 0 radical (unpaired) electrons. The highest BCUT2D eigenvalue weighted by Crippen LogP contribution is 2.28. The van der Waals surface area contributed by atoms with Gasteiger partial charge in [0.25, 0.3) is 0 Å². The molecule has 5 nitrogen and oxygen atoms in total. The SMILES string of the molecule is CN(C)c1ccc(O)cc1NS(C)(=O)=O. The molecule has 0 amide bonds. The fourth-order valence-electron chi connectivity index (χ4n) is 1.20. The van der Waals surface area contributed by atoms with Crippen LogP contribution in [-0.2, 0) is 10.0 Å². The van der Waals surface area contributed by atoms with Gasteiger partial charge < -0.3 is 10.0 Å². The first kappa shape index (κ1) is 11.6. The van der Waals surface area contributed by atoms with Crippen molar-refractivity contribution >= 4 is 21.4 Å². The van der Waals surface area contributed by atoms with E-state index in [-0.39, 0.29) is 5.75 Å². The van der Waals surface area contributed by atoms with Crippen LogP contribution in [0.25, 0.3) is 0 Å². The third kappa shape index (κ3) is 3.32. The Balaban J connectivity index is 3.19. The van der Waals surface area contributed by atoms with Gasteiger partial charge in [0, 0.05) is 20.2 Å². The fourth-order valence-corrected chi connectivity index (χ4v) is 1.76. The number of sulfonamides is 1. The van der Waals surface area contributed by atoms with Gasteiger partial charge in [-0.2, -0.15) is 0 Å². The molecule has 0 saturated carbocycles. The molecule has 0 heterocycles. The average molecular weight is 230 g/mol. The topological polar surface area (TPSA) is 69.6 Å². The maximum Gasteiger partial charge on any atom is 0.229 e. The van der Waals surface area contributed by atoms with Crippen LogP contribution < -0.4 is 9.62 Å². The minimum Gasteiger partial charge on any atom is -0.508 e. The number of aromatic hydroxyl groups is 1. The van der Waals surface area contributed by atoms with Crippen LogP contribution in [0.5, 0.6) is 5.75 Å². The highest BCUT2D eigenvalue weighted by Gasteiger charge is 2.09. The average Bonchev–Trinajstić information content (AvgIpc) is 1.99. The Kier molecular flexibility index (Phi) is 3.09. The van der Waals surface area contributed by atoms with Gasteiger partial charge in [-0.05, 0) is 12.1 Å². The predicted octanol–water partition coefficient (Wildman–Crippen LogP) is 0.830. The zero-order valence-electron chi connectivity index (χ0n) is 8.85. The van der Waals surface area contributed by atoms with Crippen LogP contribution in [0.4, 0.5) is 11.4 Å². The minimum atomic E-state index is -3.34. The third-order valence-electron chi connectivity index (χ3n) is 1.76. The fraction of sp³-hybridized carbons (Fsp3) is 0.333. The first-order chi connectivity index (χ1) is 6.79. The summed E-state index contributed by atoms with van der Waals surface area (Å²) < 4.78 is 24.5. The van der Waals surface area contributed by atoms with E-state index in [2.05, 4.69) is 4.72 Å². The molecular formula is C9H14N2O3S. The maximum atomic E-state index is 11.1. The number of phenolic OH excluding ortho intramolecular Hbond substituents is 1. The number of phenols is 1. The Morgan fingerprint density at radius 3 is 2.40 bits per heavy atom. The van der Waals surface area contributed by atoms with Crippen LogP contribution in [0.1, 0.15) is 0 Å². The zero-order chi connectivity index (χ0) is 11.6. The molecule has 1 aromatic rings. The molecule has 1 rings (SSSR count). The van der Waals surface area contributed by atoms with Gasteiger partial charge in [0.05, 0.1) is 17.6 Å². The van der Waals surface area contributed by atoms with Crippen molar-refractivity contribution in [2.75, 3.05) is 30.0 Å². The Morgan fingerprint density at radius 1 is 1.33 bits per heavy atom. The van der Waals surface area contributed by atoms with Crippen LogP contribution in [0, 0.1) is 0 Å². The molecule has 6 heteroatoms. The summed E-state index contributed by atoms with van der Waals surface area (Å²) in [6.07, 6.45) is 1.07. The van der Waals surface area contributed by atoms with Crippen molar-refractivity contribution in [2.24, 2.45) is 0 Å². The standard InChI is InChI=1S/C9H14N2O3S/c1-11(2)9-5-4-7(12)6-8(9)10-15(3,13)14/h4-6,10,12H,1-3H3. The van der Waals surface area contributed by atoms with Gasteiger partial charge in [-0.25, -0.2) is 8.42 Å². The monoisotopic (exact) mass is 230 g/mol. The number of nitrogens with zero attached hydrogens (tertiary/aromatic N) is 1. The largest absolute Gasteiger partial charge is 0.508 e. The van der Waals surface area contributed by atoms with E-state index in [1.54, 1.807) is 25.1 Å². The molecule has 0 aromatic heterocycles. The molecule has 0 aliphatic rings. The zero-order valence-corrected chi connectivity index (χ0v) is 9.67. The van der Waals surface area contributed by atoms with E-state index in [0.29, 0.717) is 11.4 Å². The molecule has 2 N–H and O–H groups in total. The summed E-state index contributed by atoms with van der Waals surface area (Å²) in [5, 5.41) is 9.26. The number of hydrogen-bond acceptors (Lipinski definition) is 4. The molecule has 84 valence electrons. The van der Waals surface area contributed by atoms with Crippen molar-refractivity contribution < 1.29 is 13.5 Å². The molecule has 15 heavy (non-hydrogen) atoms. The van der Waals surface area contributed by atoms with E-state index in [1.165, 1.54) is 12.1 Å². The number of benzene rings is 1. The molecule has 0 bridgehead atoms. The first-order valence-electron chi connectivity index (χ1n) is 4.28. The van der Waals surface area contributed by atoms with Gasteiger partial charge >= 0.3 is 0 Å². The summed E-state index contributed by atoms with van der Waals surface area (Å²) in [6.45, 7) is 0. The summed E-state index contributed by atoms with van der Waals surface area (Å²) in [5.41, 5.74) is 1.06. The highest BCUT2D eigenvalue weighted by molar-refractivity contribution is 7.92. The van der Waals surface area contributed by atoms with Crippen molar-refractivity contribution in [3.8, 4) is 5.75 Å². The lowest BCUT2D eigenvalue weighted by Crippen LogP contribution is -2.15. The summed E-state index contributed by atoms with van der Waals surface area (Å²) in [7, 11) is 0.245. The molecule has 0 aliphatic carbocycles. The van der Waals surface area contributed by atoms with E-state index in [9.17, 15) is 13.5 Å². The van der Waals surface area contributed by atoms with Gasteiger partial charge in [-0.1, -0.05) is 0 Å². The van der Waals surface area contributed by atoms with Gasteiger partial charge in [-0.15, -0.1) is 0 Å². The second-order valence-corrected chi connectivity index (χ2v) is 5.22. The van der Waals surface area contributed by atoms with E-state index >= 15 is 0 Å². The minimum absolute atomic E-state index is 0.0201. The summed E-state index contributed by atoms with van der Waals surface area (Å²) in [6, 6.07) is 4.52. The lowest BCUT2D eigenvalue weighted by Gasteiger charge is -2.17. The number of anilines is 2. The second-order valence-electron chi connectivity index (χ2n) is 3.47. The number of nitrogens with one attached hydrogen (secondary N) is 1. The Labute approximate surface area is 89.4 Å². The number of hydrogen-bond donors (Lipinski definition) is 2. The van der Waals surface area contributed by atoms with Gasteiger partial charge in [0.15, 0.2) is 0 Å². The second kappa shape index (κ2) is 3.98. The smallest absolute Gasteiger partial charge is 0.229 e. The molecule has 1 aromatic carbocycles. The van der Waals surface area contributed by atoms with Gasteiger partial charge in [0.2, 0.25) is 10.0 Å². The molecular weight excluding hydrogens is 216 g/mol. The number of rotatable bonds is 3. The van der Waals surface area contributed by atoms with Crippen molar-refractivity contribution in [3.63, 3.8) is 0 Å². The van der Waals surface area contributed by atoms with Crippen molar-refractivity contribution in [1.82, 2.24) is 0 Å². The van der Waals surface area contributed by atoms with Crippen molar-refractivity contribution in [2.45, 2.75) is 0 Å². The third-order valence-corrected chi connectivity index (χ3v) is 2.35. The normalized spacial score (nSPS) is 11.1. The van der Waals surface area contributed by atoms with Crippen molar-refractivity contribution in [1.29, 1.82) is 0 Å². The molecule has 0 spiro atoms.